The average molecular weight is 768 g/mol. The Morgan fingerprint density at radius 3 is 1.52 bits per heavy atom. The highest BCUT2D eigenvalue weighted by atomic mass is 14.8. The van der Waals surface area contributed by atoms with Crippen LogP contribution in [0.4, 0.5) is 0 Å². The van der Waals surface area contributed by atoms with Crippen molar-refractivity contribution in [2.75, 3.05) is 0 Å². The van der Waals surface area contributed by atoms with Crippen molar-refractivity contribution < 1.29 is 0 Å². The van der Waals surface area contributed by atoms with Crippen molar-refractivity contribution in [2.24, 2.45) is 4.99 Å². The van der Waals surface area contributed by atoms with Crippen LogP contribution in [-0.4, -0.2) is 5.71 Å². The molecule has 1 heteroatoms. The van der Waals surface area contributed by atoms with Gasteiger partial charge in [0, 0.05) is 11.1 Å². The van der Waals surface area contributed by atoms with Crippen LogP contribution in [0.1, 0.15) is 36.0 Å². The second kappa shape index (κ2) is 16.9. The summed E-state index contributed by atoms with van der Waals surface area (Å²) >= 11 is 0. The van der Waals surface area contributed by atoms with Crippen molar-refractivity contribution in [2.45, 2.75) is 25.7 Å². The van der Waals surface area contributed by atoms with Gasteiger partial charge in [-0.05, 0) is 116 Å². The fourth-order valence-electron chi connectivity index (χ4n) is 8.94. The van der Waals surface area contributed by atoms with Gasteiger partial charge in [-0.2, -0.15) is 0 Å². The van der Waals surface area contributed by atoms with Crippen LogP contribution in [0.5, 0.6) is 0 Å². The van der Waals surface area contributed by atoms with Crippen LogP contribution < -0.4 is 0 Å². The fourth-order valence-corrected chi connectivity index (χ4v) is 8.94. The molecular formula is C59H45N. The van der Waals surface area contributed by atoms with Crippen molar-refractivity contribution in [3.05, 3.63) is 252 Å². The molecule has 1 aliphatic heterocycles. The zero-order chi connectivity index (χ0) is 40.1. The van der Waals surface area contributed by atoms with Crippen LogP contribution >= 0.6 is 0 Å². The summed E-state index contributed by atoms with van der Waals surface area (Å²) in [6, 6.07) is 73.0. The molecule has 8 aromatic carbocycles. The average Bonchev–Trinajstić information content (AvgIpc) is 3.33. The lowest BCUT2D eigenvalue weighted by atomic mass is 9.78. The maximum atomic E-state index is 5.44. The predicted octanol–water partition coefficient (Wildman–Crippen LogP) is 15.6. The molecule has 2 aliphatic rings. The molecule has 0 bridgehead atoms. The smallest absolute Gasteiger partial charge is 0.0784 e. The first-order chi connectivity index (χ1) is 29.8. The van der Waals surface area contributed by atoms with Crippen molar-refractivity contribution in [1.29, 1.82) is 0 Å². The third kappa shape index (κ3) is 7.43. The molecule has 0 saturated heterocycles. The summed E-state index contributed by atoms with van der Waals surface area (Å²) in [6.07, 6.45) is 13.1. The van der Waals surface area contributed by atoms with E-state index in [1.165, 1.54) is 83.5 Å². The number of allylic oxidation sites excluding steroid dienone is 5. The Kier molecular flexibility index (Phi) is 10.4. The van der Waals surface area contributed by atoms with Crippen molar-refractivity contribution >= 4 is 5.71 Å². The number of rotatable bonds is 8. The number of aliphatic imine (C=N–C) groups is 1. The quantitative estimate of drug-likeness (QED) is 0.146. The topological polar surface area (TPSA) is 12.4 Å². The molecule has 8 aromatic rings. The summed E-state index contributed by atoms with van der Waals surface area (Å²) in [7, 11) is 0. The van der Waals surface area contributed by atoms with E-state index in [1.54, 1.807) is 0 Å². The lowest BCUT2D eigenvalue weighted by Crippen LogP contribution is -2.10. The first-order valence-electron chi connectivity index (χ1n) is 21.2. The van der Waals surface area contributed by atoms with Gasteiger partial charge in [0.15, 0.2) is 0 Å². The highest BCUT2D eigenvalue weighted by Gasteiger charge is 2.24. The van der Waals surface area contributed by atoms with E-state index in [1.807, 2.05) is 0 Å². The van der Waals surface area contributed by atoms with Gasteiger partial charge < -0.3 is 0 Å². The molecule has 60 heavy (non-hydrogen) atoms. The van der Waals surface area contributed by atoms with Crippen LogP contribution in [0.15, 0.2) is 241 Å². The van der Waals surface area contributed by atoms with Gasteiger partial charge in [0.05, 0.1) is 11.4 Å². The van der Waals surface area contributed by atoms with E-state index in [2.05, 4.69) is 224 Å². The molecule has 0 spiro atoms. The molecule has 0 aromatic heterocycles. The second-order valence-electron chi connectivity index (χ2n) is 15.6. The lowest BCUT2D eigenvalue weighted by Gasteiger charge is -2.24. The van der Waals surface area contributed by atoms with E-state index in [4.69, 9.17) is 4.99 Å². The summed E-state index contributed by atoms with van der Waals surface area (Å²) in [5.41, 5.74) is 21.5. The molecule has 1 heterocycles. The van der Waals surface area contributed by atoms with Gasteiger partial charge >= 0.3 is 0 Å². The second-order valence-corrected chi connectivity index (χ2v) is 15.6. The molecule has 0 N–H and O–H groups in total. The van der Waals surface area contributed by atoms with E-state index in [0.717, 1.165) is 42.7 Å². The zero-order valence-electron chi connectivity index (χ0n) is 33.6. The predicted molar refractivity (Wildman–Crippen MR) is 254 cm³/mol. The fraction of sp³-hybridized carbons (Fsp3) is 0.0678. The van der Waals surface area contributed by atoms with Gasteiger partial charge in [0.25, 0.3) is 0 Å². The molecule has 0 unspecified atom stereocenters. The minimum atomic E-state index is 0.986. The normalized spacial score (nSPS) is 15.4. The number of aryl methyl sites for hydroxylation is 1. The van der Waals surface area contributed by atoms with Crippen molar-refractivity contribution in [1.82, 2.24) is 0 Å². The number of fused-ring (bicyclic) bond motifs is 1. The number of nitrogens with zero attached hydrogens (tertiary/aromatic N) is 1. The summed E-state index contributed by atoms with van der Waals surface area (Å²) in [4.78, 5) is 5.44. The molecule has 0 radical (unpaired) electrons. The molecule has 0 fully saturated rings. The van der Waals surface area contributed by atoms with Crippen LogP contribution in [0, 0.1) is 0 Å². The first kappa shape index (κ1) is 37.0. The Labute approximate surface area is 354 Å². The maximum Gasteiger partial charge on any atom is 0.0784 e. The molecule has 1 aliphatic carbocycles. The first-order valence-corrected chi connectivity index (χ1v) is 21.2. The van der Waals surface area contributed by atoms with Gasteiger partial charge in [-0.15, -0.1) is 0 Å². The number of benzene rings is 8. The Balaban J connectivity index is 1.14. The number of hydrogen-bond acceptors (Lipinski definition) is 1. The molecular weight excluding hydrogens is 723 g/mol. The third-order valence-corrected chi connectivity index (χ3v) is 11.9. The van der Waals surface area contributed by atoms with Gasteiger partial charge in [0.2, 0.25) is 0 Å². The largest absolute Gasteiger partial charge is 0.248 e. The van der Waals surface area contributed by atoms with Crippen molar-refractivity contribution in [3.8, 4) is 66.8 Å². The van der Waals surface area contributed by atoms with E-state index in [0.29, 0.717) is 0 Å². The van der Waals surface area contributed by atoms with Gasteiger partial charge in [-0.1, -0.05) is 212 Å². The summed E-state index contributed by atoms with van der Waals surface area (Å²) in [5.74, 6) is 0. The lowest BCUT2D eigenvalue weighted by molar-refractivity contribution is 0.932. The van der Waals surface area contributed by atoms with Crippen LogP contribution in [0.2, 0.25) is 0 Å². The SMILES string of the molecule is C1=CCCC(C2=C/CCc3ccccc3/C(c3ccc(-c4cccc(-c5cc(-c6ccccc6)c(-c6ccccc6)c(-c6ccccc6)c5-c5ccccc5)c4)cc3)=N\2)=C1. The van der Waals surface area contributed by atoms with E-state index < -0.39 is 0 Å². The molecule has 0 atom stereocenters. The zero-order valence-corrected chi connectivity index (χ0v) is 33.6. The van der Waals surface area contributed by atoms with E-state index in [-0.39, 0.29) is 0 Å². The Bertz CT molecular complexity index is 2910. The van der Waals surface area contributed by atoms with Crippen molar-refractivity contribution in [3.63, 3.8) is 0 Å². The highest BCUT2D eigenvalue weighted by Crippen LogP contribution is 2.50. The number of hydrogen-bond donors (Lipinski definition) is 0. The highest BCUT2D eigenvalue weighted by molar-refractivity contribution is 6.14. The Morgan fingerprint density at radius 2 is 0.883 bits per heavy atom. The molecule has 0 amide bonds. The van der Waals surface area contributed by atoms with Crippen LogP contribution in [-0.2, 0) is 6.42 Å². The minimum Gasteiger partial charge on any atom is -0.248 e. The van der Waals surface area contributed by atoms with Gasteiger partial charge in [-0.25, -0.2) is 4.99 Å². The van der Waals surface area contributed by atoms with Crippen LogP contribution in [0.25, 0.3) is 66.8 Å². The molecule has 0 saturated carbocycles. The third-order valence-electron chi connectivity index (χ3n) is 11.9. The van der Waals surface area contributed by atoms with Crippen LogP contribution in [0.3, 0.4) is 0 Å². The standard InChI is InChI=1S/C59H45N/c1-6-20-44(21-7-1)53-41-54(57(47-27-12-4-13-28-47)58(48-29-14-5-15-30-48)56(53)46-25-10-3-11-26-46)51-33-18-32-50(40-51)42-36-38-49(39-37-42)59-52-34-17-16-22-43(52)31-19-35-55(60-59)45-23-8-2-9-24-45/h1-8,10-18,20-23,25-30,32-41H,9,19,24,31H2/b55-35-,60-59-. The van der Waals surface area contributed by atoms with E-state index >= 15 is 0 Å². The summed E-state index contributed by atoms with van der Waals surface area (Å²) in [6.45, 7) is 0. The Morgan fingerprint density at radius 1 is 0.350 bits per heavy atom. The van der Waals surface area contributed by atoms with Gasteiger partial charge in [-0.3, -0.25) is 0 Å². The summed E-state index contributed by atoms with van der Waals surface area (Å²) < 4.78 is 0. The Hall–Kier alpha value is -7.35. The molecule has 10 rings (SSSR count). The van der Waals surface area contributed by atoms with E-state index in [9.17, 15) is 0 Å². The van der Waals surface area contributed by atoms with Gasteiger partial charge in [0.1, 0.15) is 0 Å². The monoisotopic (exact) mass is 767 g/mol. The molecule has 1 nitrogen and oxygen atoms in total. The summed E-state index contributed by atoms with van der Waals surface area (Å²) in [5, 5.41) is 0. The molecule has 286 valence electrons. The maximum absolute atomic E-state index is 5.44. The minimum absolute atomic E-state index is 0.986.